The summed E-state index contributed by atoms with van der Waals surface area (Å²) in [7, 11) is -3.61. The molecule has 2 heterocycles. The Morgan fingerprint density at radius 1 is 0.964 bits per heavy atom. The summed E-state index contributed by atoms with van der Waals surface area (Å²) >= 11 is 5.96. The summed E-state index contributed by atoms with van der Waals surface area (Å²) in [6.45, 7) is 4.24. The first kappa shape index (κ1) is 19.2. The first-order valence-corrected chi connectivity index (χ1v) is 10.9. The molecule has 0 spiro atoms. The van der Waals surface area contributed by atoms with Crippen LogP contribution in [-0.4, -0.2) is 53.8 Å². The lowest BCUT2D eigenvalue weighted by molar-refractivity contribution is 0.146. The molecule has 9 heteroatoms. The van der Waals surface area contributed by atoms with Crippen LogP contribution in [0.25, 0.3) is 11.0 Å². The smallest absolute Gasteiger partial charge is 0.306 e. The van der Waals surface area contributed by atoms with Crippen LogP contribution in [0.2, 0.25) is 5.02 Å². The molecule has 3 aromatic rings. The summed E-state index contributed by atoms with van der Waals surface area (Å²) in [6.07, 6.45) is 0. The molecule has 2 N–H and O–H groups in total. The van der Waals surface area contributed by atoms with Gasteiger partial charge in [-0.2, -0.15) is 4.31 Å². The number of nitrogens with one attached hydrogen (secondary N) is 2. The van der Waals surface area contributed by atoms with Crippen molar-refractivity contribution in [2.24, 2.45) is 0 Å². The molecule has 0 saturated carbocycles. The third-order valence-electron chi connectivity index (χ3n) is 5.30. The average molecular weight is 421 g/mol. The number of H-pyrrole nitrogens is 2. The van der Waals surface area contributed by atoms with Gasteiger partial charge in [-0.3, -0.25) is 4.90 Å². The molecule has 0 aliphatic carbocycles. The van der Waals surface area contributed by atoms with Crippen LogP contribution in [0.15, 0.2) is 52.2 Å². The number of imidazole rings is 1. The van der Waals surface area contributed by atoms with E-state index in [-0.39, 0.29) is 16.6 Å². The van der Waals surface area contributed by atoms with Gasteiger partial charge in [-0.1, -0.05) is 23.7 Å². The summed E-state index contributed by atoms with van der Waals surface area (Å²) in [5, 5.41) is 0.701. The maximum Gasteiger partial charge on any atom is 0.323 e. The molecule has 4 rings (SSSR count). The van der Waals surface area contributed by atoms with Crippen molar-refractivity contribution in [3.63, 3.8) is 0 Å². The van der Waals surface area contributed by atoms with Crippen LogP contribution in [0, 0.1) is 0 Å². The number of halogens is 1. The Morgan fingerprint density at radius 3 is 2.29 bits per heavy atom. The number of aromatic nitrogens is 2. The molecule has 1 aliphatic heterocycles. The van der Waals surface area contributed by atoms with Gasteiger partial charge in [0.05, 0.1) is 15.9 Å². The fourth-order valence-electron chi connectivity index (χ4n) is 3.60. The Kier molecular flexibility index (Phi) is 5.05. The highest BCUT2D eigenvalue weighted by atomic mass is 35.5. The molecule has 1 aliphatic rings. The van der Waals surface area contributed by atoms with E-state index in [0.717, 1.165) is 5.56 Å². The van der Waals surface area contributed by atoms with Crippen LogP contribution in [0.1, 0.15) is 18.5 Å². The third-order valence-corrected chi connectivity index (χ3v) is 7.45. The molecule has 1 aromatic heterocycles. The van der Waals surface area contributed by atoms with Crippen molar-refractivity contribution in [1.29, 1.82) is 0 Å². The molecule has 0 amide bonds. The summed E-state index contributed by atoms with van der Waals surface area (Å²) < 4.78 is 27.5. The Morgan fingerprint density at radius 2 is 1.61 bits per heavy atom. The zero-order valence-electron chi connectivity index (χ0n) is 15.4. The topological polar surface area (TPSA) is 89.3 Å². The van der Waals surface area contributed by atoms with E-state index in [9.17, 15) is 13.2 Å². The van der Waals surface area contributed by atoms with Gasteiger partial charge in [-0.15, -0.1) is 0 Å². The van der Waals surface area contributed by atoms with Crippen LogP contribution in [0.4, 0.5) is 0 Å². The number of hydrogen-bond donors (Lipinski definition) is 2. The first-order chi connectivity index (χ1) is 13.3. The second-order valence-electron chi connectivity index (χ2n) is 6.95. The highest BCUT2D eigenvalue weighted by molar-refractivity contribution is 7.89. The van der Waals surface area contributed by atoms with Gasteiger partial charge in [-0.05, 0) is 42.8 Å². The lowest BCUT2D eigenvalue weighted by atomic mass is 10.1. The maximum atomic E-state index is 13.0. The van der Waals surface area contributed by atoms with Crippen LogP contribution in [0.3, 0.4) is 0 Å². The van der Waals surface area contributed by atoms with Crippen molar-refractivity contribution >= 4 is 32.7 Å². The number of sulfonamides is 1. The number of piperazine rings is 1. The molecular weight excluding hydrogens is 400 g/mol. The summed E-state index contributed by atoms with van der Waals surface area (Å²) in [5.41, 5.74) is 1.88. The number of benzene rings is 2. The average Bonchev–Trinajstić information content (AvgIpc) is 3.07. The zero-order chi connectivity index (χ0) is 19.9. The molecule has 28 heavy (non-hydrogen) atoms. The lowest BCUT2D eigenvalue weighted by Gasteiger charge is -2.37. The van der Waals surface area contributed by atoms with Crippen molar-refractivity contribution in [2.75, 3.05) is 26.2 Å². The molecule has 1 saturated heterocycles. The predicted molar refractivity (Wildman–Crippen MR) is 109 cm³/mol. The van der Waals surface area contributed by atoms with Crippen molar-refractivity contribution in [2.45, 2.75) is 17.9 Å². The van der Waals surface area contributed by atoms with Crippen LogP contribution >= 0.6 is 11.6 Å². The normalized spacial score (nSPS) is 17.8. The van der Waals surface area contributed by atoms with Gasteiger partial charge < -0.3 is 9.97 Å². The van der Waals surface area contributed by atoms with Gasteiger partial charge in [0.2, 0.25) is 10.0 Å². The fourth-order valence-corrected chi connectivity index (χ4v) is 5.18. The Labute approximate surface area is 168 Å². The van der Waals surface area contributed by atoms with Gasteiger partial charge >= 0.3 is 5.69 Å². The highest BCUT2D eigenvalue weighted by Gasteiger charge is 2.30. The maximum absolute atomic E-state index is 13.0. The van der Waals surface area contributed by atoms with Gasteiger partial charge in [0.1, 0.15) is 0 Å². The van der Waals surface area contributed by atoms with E-state index >= 15 is 0 Å². The van der Waals surface area contributed by atoms with E-state index in [1.54, 1.807) is 6.07 Å². The predicted octanol–water partition coefficient (Wildman–Crippen LogP) is 2.58. The monoisotopic (exact) mass is 420 g/mol. The number of hydrogen-bond acceptors (Lipinski definition) is 4. The molecule has 7 nitrogen and oxygen atoms in total. The molecule has 0 radical (unpaired) electrons. The first-order valence-electron chi connectivity index (χ1n) is 9.06. The zero-order valence-corrected chi connectivity index (χ0v) is 16.9. The van der Waals surface area contributed by atoms with Crippen LogP contribution in [-0.2, 0) is 10.0 Å². The van der Waals surface area contributed by atoms with E-state index < -0.39 is 10.0 Å². The molecule has 1 atom stereocenters. The Bertz CT molecular complexity index is 1150. The van der Waals surface area contributed by atoms with E-state index in [1.807, 2.05) is 24.3 Å². The van der Waals surface area contributed by atoms with E-state index in [4.69, 9.17) is 11.6 Å². The van der Waals surface area contributed by atoms with Gasteiger partial charge in [0, 0.05) is 37.2 Å². The van der Waals surface area contributed by atoms with Gasteiger partial charge in [-0.25, -0.2) is 13.2 Å². The minimum atomic E-state index is -3.61. The minimum absolute atomic E-state index is 0.184. The van der Waals surface area contributed by atoms with Crippen molar-refractivity contribution in [3.8, 4) is 0 Å². The van der Waals surface area contributed by atoms with E-state index in [2.05, 4.69) is 21.8 Å². The van der Waals surface area contributed by atoms with E-state index in [0.29, 0.717) is 42.2 Å². The minimum Gasteiger partial charge on any atom is -0.306 e. The standard InChI is InChI=1S/C19H21ClN4O3S/c1-13(14-2-4-15(20)5-3-14)23-8-10-24(11-9-23)28(26,27)16-6-7-17-18(12-16)22-19(25)21-17/h2-7,12-13H,8-11H2,1H3,(H2,21,22,25). The SMILES string of the molecule is CC(c1ccc(Cl)cc1)N1CCN(S(=O)(=O)c2ccc3[nH]c(=O)[nH]c3c2)CC1. The molecule has 1 fully saturated rings. The highest BCUT2D eigenvalue weighted by Crippen LogP contribution is 2.26. The number of fused-ring (bicyclic) bond motifs is 1. The molecule has 1 unspecified atom stereocenters. The molecular formula is C19H21ClN4O3S. The molecule has 0 bridgehead atoms. The largest absolute Gasteiger partial charge is 0.323 e. The van der Waals surface area contributed by atoms with E-state index in [1.165, 1.54) is 16.4 Å². The van der Waals surface area contributed by atoms with Crippen molar-refractivity contribution < 1.29 is 8.42 Å². The van der Waals surface area contributed by atoms with Crippen molar-refractivity contribution in [1.82, 2.24) is 19.2 Å². The number of aromatic amines is 2. The third kappa shape index (κ3) is 3.60. The molecule has 148 valence electrons. The second kappa shape index (κ2) is 7.36. The molecule has 2 aromatic carbocycles. The summed E-state index contributed by atoms with van der Waals surface area (Å²) in [5.74, 6) is 0. The quantitative estimate of drug-likeness (QED) is 0.678. The Hall–Kier alpha value is -2.13. The lowest BCUT2D eigenvalue weighted by Crippen LogP contribution is -2.49. The van der Waals surface area contributed by atoms with Crippen molar-refractivity contribution in [3.05, 3.63) is 63.5 Å². The second-order valence-corrected chi connectivity index (χ2v) is 9.33. The van der Waals surface area contributed by atoms with Gasteiger partial charge in [0.25, 0.3) is 0 Å². The van der Waals surface area contributed by atoms with Crippen LogP contribution in [0.5, 0.6) is 0 Å². The summed E-state index contributed by atoms with van der Waals surface area (Å²) in [4.78, 5) is 19.1. The van der Waals surface area contributed by atoms with Crippen LogP contribution < -0.4 is 5.69 Å². The summed E-state index contributed by atoms with van der Waals surface area (Å²) in [6, 6.07) is 12.6. The fraction of sp³-hybridized carbons (Fsp3) is 0.316. The number of rotatable bonds is 4. The Balaban J connectivity index is 1.48. The van der Waals surface area contributed by atoms with Gasteiger partial charge in [0.15, 0.2) is 0 Å². The number of nitrogens with zero attached hydrogens (tertiary/aromatic N) is 2.